The van der Waals surface area contributed by atoms with Crippen LogP contribution < -0.4 is 10.6 Å². The van der Waals surface area contributed by atoms with Crippen LogP contribution in [0.15, 0.2) is 54.6 Å². The van der Waals surface area contributed by atoms with E-state index in [0.717, 1.165) is 16.0 Å². The largest absolute Gasteiger partial charge is 0.348 e. The van der Waals surface area contributed by atoms with E-state index < -0.39 is 17.5 Å². The van der Waals surface area contributed by atoms with E-state index >= 15 is 0 Å². The van der Waals surface area contributed by atoms with Crippen molar-refractivity contribution in [2.24, 2.45) is 0 Å². The summed E-state index contributed by atoms with van der Waals surface area (Å²) in [5, 5.41) is 6.17. The summed E-state index contributed by atoms with van der Waals surface area (Å²) in [6.07, 6.45) is 1.11. The molecule has 1 heterocycles. The number of halogens is 1. The smallest absolute Gasteiger partial charge is 0.325 e. The molecular formula is C22H24ClN3O3. The number of carbonyl (C=O) groups is 3. The zero-order chi connectivity index (χ0) is 21.0. The number of amides is 4. The summed E-state index contributed by atoms with van der Waals surface area (Å²) in [5.41, 5.74) is 0.950. The third-order valence-corrected chi connectivity index (χ3v) is 5.40. The van der Waals surface area contributed by atoms with Crippen LogP contribution >= 0.6 is 11.6 Å². The number of hydrogen-bond acceptors (Lipinski definition) is 3. The number of benzene rings is 2. The zero-order valence-corrected chi connectivity index (χ0v) is 17.2. The summed E-state index contributed by atoms with van der Waals surface area (Å²) in [4.78, 5) is 38.6. The molecule has 0 aromatic heterocycles. The Balaban J connectivity index is 1.58. The number of nitrogens with zero attached hydrogens (tertiary/aromatic N) is 1. The van der Waals surface area contributed by atoms with Gasteiger partial charge in [-0.15, -0.1) is 0 Å². The van der Waals surface area contributed by atoms with Gasteiger partial charge in [0.1, 0.15) is 12.1 Å². The van der Waals surface area contributed by atoms with Crippen LogP contribution in [0.5, 0.6) is 0 Å². The molecule has 29 heavy (non-hydrogen) atoms. The quantitative estimate of drug-likeness (QED) is 0.682. The molecule has 3 rings (SSSR count). The third kappa shape index (κ3) is 4.95. The minimum atomic E-state index is -1.02. The standard InChI is InChI=1S/C22H24ClN3O3/c1-15(17-8-10-18(23)11-9-17)24-19(27)14-26-20(28)22(2,25-21(26)29)13-12-16-6-4-3-5-7-16/h3-11,15H,12-14H2,1-2H3,(H,24,27)(H,25,29)/t15-,22+/m0/s1. The van der Waals surface area contributed by atoms with Crippen molar-refractivity contribution in [1.29, 1.82) is 0 Å². The molecule has 2 aromatic carbocycles. The molecule has 0 aliphatic carbocycles. The van der Waals surface area contributed by atoms with Crippen molar-refractivity contribution < 1.29 is 14.4 Å². The van der Waals surface area contributed by atoms with Gasteiger partial charge in [-0.3, -0.25) is 14.5 Å². The summed E-state index contributed by atoms with van der Waals surface area (Å²) in [5.74, 6) is -0.781. The fourth-order valence-corrected chi connectivity index (χ4v) is 3.49. The van der Waals surface area contributed by atoms with Crippen LogP contribution in [-0.4, -0.2) is 34.8 Å². The maximum absolute atomic E-state index is 12.8. The first kappa shape index (κ1) is 20.9. The van der Waals surface area contributed by atoms with E-state index in [-0.39, 0.29) is 18.5 Å². The molecule has 1 aliphatic heterocycles. The SMILES string of the molecule is C[C@H](NC(=O)CN1C(=O)N[C@](C)(CCc2ccccc2)C1=O)c1ccc(Cl)cc1. The molecule has 6 nitrogen and oxygen atoms in total. The number of carbonyl (C=O) groups excluding carboxylic acids is 3. The van der Waals surface area contributed by atoms with Crippen molar-refractivity contribution in [2.75, 3.05) is 6.54 Å². The molecular weight excluding hydrogens is 390 g/mol. The molecule has 0 saturated carbocycles. The Kier molecular flexibility index (Phi) is 6.23. The van der Waals surface area contributed by atoms with Gasteiger partial charge in [0.25, 0.3) is 5.91 Å². The molecule has 1 fully saturated rings. The van der Waals surface area contributed by atoms with E-state index in [1.54, 1.807) is 19.1 Å². The number of urea groups is 1. The van der Waals surface area contributed by atoms with Crippen LogP contribution in [0.4, 0.5) is 4.79 Å². The van der Waals surface area contributed by atoms with Crippen molar-refractivity contribution in [3.63, 3.8) is 0 Å². The topological polar surface area (TPSA) is 78.5 Å². The normalized spacial score (nSPS) is 19.8. The van der Waals surface area contributed by atoms with Crippen molar-refractivity contribution in [3.8, 4) is 0 Å². The molecule has 152 valence electrons. The highest BCUT2D eigenvalue weighted by molar-refractivity contribution is 6.30. The number of imide groups is 1. The van der Waals surface area contributed by atoms with Crippen LogP contribution in [0.25, 0.3) is 0 Å². The molecule has 0 bridgehead atoms. The van der Waals surface area contributed by atoms with Crippen molar-refractivity contribution in [1.82, 2.24) is 15.5 Å². The predicted octanol–water partition coefficient (Wildman–Crippen LogP) is 3.46. The Bertz CT molecular complexity index is 901. The van der Waals surface area contributed by atoms with Gasteiger partial charge in [0, 0.05) is 5.02 Å². The Morgan fingerprint density at radius 1 is 1.14 bits per heavy atom. The van der Waals surface area contributed by atoms with Crippen LogP contribution in [0.1, 0.15) is 37.4 Å². The van der Waals surface area contributed by atoms with Gasteiger partial charge >= 0.3 is 6.03 Å². The minimum absolute atomic E-state index is 0.273. The fourth-order valence-electron chi connectivity index (χ4n) is 3.36. The molecule has 0 spiro atoms. The molecule has 1 aliphatic rings. The lowest BCUT2D eigenvalue weighted by molar-refractivity contribution is -0.134. The van der Waals surface area contributed by atoms with E-state index in [9.17, 15) is 14.4 Å². The first-order valence-corrected chi connectivity index (χ1v) is 9.89. The molecule has 2 aromatic rings. The highest BCUT2D eigenvalue weighted by atomic mass is 35.5. The molecule has 2 N–H and O–H groups in total. The zero-order valence-electron chi connectivity index (χ0n) is 16.4. The molecule has 2 atom stereocenters. The lowest BCUT2D eigenvalue weighted by Crippen LogP contribution is -2.45. The van der Waals surface area contributed by atoms with Gasteiger partial charge in [0.05, 0.1) is 6.04 Å². The number of rotatable bonds is 7. The van der Waals surface area contributed by atoms with E-state index in [1.165, 1.54) is 0 Å². The van der Waals surface area contributed by atoms with Crippen molar-refractivity contribution in [3.05, 3.63) is 70.7 Å². The number of hydrogen-bond donors (Lipinski definition) is 2. The lowest BCUT2D eigenvalue weighted by atomic mass is 9.93. The number of aryl methyl sites for hydroxylation is 1. The first-order chi connectivity index (χ1) is 13.8. The fraction of sp³-hybridized carbons (Fsp3) is 0.318. The second-order valence-corrected chi connectivity index (χ2v) is 7.92. The van der Waals surface area contributed by atoms with Gasteiger partial charge in [0.2, 0.25) is 5.91 Å². The van der Waals surface area contributed by atoms with E-state index in [2.05, 4.69) is 10.6 Å². The molecule has 7 heteroatoms. The van der Waals surface area contributed by atoms with Gasteiger partial charge in [0.15, 0.2) is 0 Å². The van der Waals surface area contributed by atoms with Gasteiger partial charge in [-0.25, -0.2) is 4.79 Å². The Morgan fingerprint density at radius 2 is 1.79 bits per heavy atom. The average molecular weight is 414 g/mol. The van der Waals surface area contributed by atoms with Gasteiger partial charge < -0.3 is 10.6 Å². The van der Waals surface area contributed by atoms with E-state index in [1.807, 2.05) is 49.4 Å². The van der Waals surface area contributed by atoms with Crippen LogP contribution in [0.3, 0.4) is 0 Å². The molecule has 4 amide bonds. The first-order valence-electron chi connectivity index (χ1n) is 9.51. The second-order valence-electron chi connectivity index (χ2n) is 7.48. The summed E-state index contributed by atoms with van der Waals surface area (Å²) >= 11 is 5.88. The van der Waals surface area contributed by atoms with Crippen LogP contribution in [-0.2, 0) is 16.0 Å². The van der Waals surface area contributed by atoms with Gasteiger partial charge in [-0.2, -0.15) is 0 Å². The Labute approximate surface area is 175 Å². The Morgan fingerprint density at radius 3 is 2.45 bits per heavy atom. The molecule has 1 saturated heterocycles. The molecule has 0 radical (unpaired) electrons. The van der Waals surface area contributed by atoms with Gasteiger partial charge in [-0.1, -0.05) is 54.1 Å². The summed E-state index contributed by atoms with van der Waals surface area (Å²) in [6.45, 7) is 3.21. The molecule has 0 unspecified atom stereocenters. The average Bonchev–Trinajstić information content (AvgIpc) is 2.91. The van der Waals surface area contributed by atoms with Crippen LogP contribution in [0, 0.1) is 0 Å². The minimum Gasteiger partial charge on any atom is -0.348 e. The van der Waals surface area contributed by atoms with E-state index in [0.29, 0.717) is 17.9 Å². The highest BCUT2D eigenvalue weighted by Gasteiger charge is 2.47. The van der Waals surface area contributed by atoms with Crippen molar-refractivity contribution in [2.45, 2.75) is 38.3 Å². The Hall–Kier alpha value is -2.86. The lowest BCUT2D eigenvalue weighted by Gasteiger charge is -2.22. The summed E-state index contributed by atoms with van der Waals surface area (Å²) in [7, 11) is 0. The third-order valence-electron chi connectivity index (χ3n) is 5.15. The van der Waals surface area contributed by atoms with E-state index in [4.69, 9.17) is 11.6 Å². The summed E-state index contributed by atoms with van der Waals surface area (Å²) < 4.78 is 0. The van der Waals surface area contributed by atoms with Crippen LogP contribution in [0.2, 0.25) is 5.02 Å². The maximum atomic E-state index is 12.8. The maximum Gasteiger partial charge on any atom is 0.325 e. The highest BCUT2D eigenvalue weighted by Crippen LogP contribution is 2.23. The van der Waals surface area contributed by atoms with Crippen molar-refractivity contribution >= 4 is 29.4 Å². The monoisotopic (exact) mass is 413 g/mol. The second kappa shape index (κ2) is 8.66. The predicted molar refractivity (Wildman–Crippen MR) is 111 cm³/mol. The summed E-state index contributed by atoms with van der Waals surface area (Å²) in [6, 6.07) is 16.1. The number of nitrogens with one attached hydrogen (secondary N) is 2. The van der Waals surface area contributed by atoms with Gasteiger partial charge in [-0.05, 0) is 49.9 Å².